The lowest BCUT2D eigenvalue weighted by atomic mass is 9.80. The van der Waals surface area contributed by atoms with Crippen molar-refractivity contribution in [3.8, 4) is 11.5 Å². The van der Waals surface area contributed by atoms with Crippen LogP contribution in [0.15, 0.2) is 125 Å². The summed E-state index contributed by atoms with van der Waals surface area (Å²) in [6.45, 7) is 1.17. The number of aryl methyl sites for hydroxylation is 1. The Morgan fingerprint density at radius 2 is 1.29 bits per heavy atom. The topological polar surface area (TPSA) is 118 Å². The minimum Gasteiger partial charge on any atom is -0.497 e. The molecule has 0 spiro atoms. The molecule has 1 aromatic heterocycles. The van der Waals surface area contributed by atoms with Crippen LogP contribution in [-0.2, 0) is 21.6 Å². The highest BCUT2D eigenvalue weighted by Gasteiger charge is 2.38. The third kappa shape index (κ3) is 7.16. The zero-order valence-corrected chi connectivity index (χ0v) is 27.1. The van der Waals surface area contributed by atoms with Gasteiger partial charge in [0, 0.05) is 17.3 Å². The number of methoxy groups -OCH3 is 2. The number of carbonyl (C=O) groups excluding carboxylic acids is 1. The van der Waals surface area contributed by atoms with Crippen molar-refractivity contribution in [3.05, 3.63) is 164 Å². The van der Waals surface area contributed by atoms with E-state index in [2.05, 4.69) is 0 Å². The number of benzene rings is 4. The number of hydrogen-bond donors (Lipinski definition) is 1. The summed E-state index contributed by atoms with van der Waals surface area (Å²) in [6, 6.07) is 33.1. The quantitative estimate of drug-likeness (QED) is 0.176. The minimum absolute atomic E-state index is 0.00489. The third-order valence-corrected chi connectivity index (χ3v) is 8.10. The lowest BCUT2D eigenvalue weighted by Gasteiger charge is -2.37. The first-order valence-corrected chi connectivity index (χ1v) is 15.5. The minimum atomic E-state index is -1.11. The monoisotopic (exact) mass is 650 g/mol. The summed E-state index contributed by atoms with van der Waals surface area (Å²) in [6.07, 6.45) is 0.624. The van der Waals surface area contributed by atoms with E-state index in [1.165, 1.54) is 10.8 Å². The summed E-state index contributed by atoms with van der Waals surface area (Å²) >= 11 is 0. The van der Waals surface area contributed by atoms with Gasteiger partial charge < -0.3 is 24.1 Å². The molecule has 0 aliphatic carbocycles. The molecule has 0 aliphatic rings. The van der Waals surface area contributed by atoms with Crippen LogP contribution in [0.25, 0.3) is 0 Å². The van der Waals surface area contributed by atoms with Gasteiger partial charge in [0.25, 0.3) is 11.5 Å². The number of hydrogen-bond acceptors (Lipinski definition) is 8. The molecule has 0 fully saturated rings. The van der Waals surface area contributed by atoms with E-state index in [1.807, 2.05) is 78.9 Å². The highest BCUT2D eigenvalue weighted by atomic mass is 16.6. The van der Waals surface area contributed by atoms with Crippen molar-refractivity contribution in [2.24, 2.45) is 0 Å². The molecular formula is C38H38N2O8. The van der Waals surface area contributed by atoms with Gasteiger partial charge in [-0.3, -0.25) is 14.2 Å². The molecule has 5 aromatic rings. The Morgan fingerprint density at radius 3 is 1.81 bits per heavy atom. The van der Waals surface area contributed by atoms with Gasteiger partial charge in [0.05, 0.1) is 40.6 Å². The Labute approximate surface area is 278 Å². The van der Waals surface area contributed by atoms with Crippen LogP contribution in [0.4, 0.5) is 0 Å². The van der Waals surface area contributed by atoms with Gasteiger partial charge in [-0.05, 0) is 60.0 Å². The van der Waals surface area contributed by atoms with E-state index in [0.29, 0.717) is 16.1 Å². The van der Waals surface area contributed by atoms with Crippen molar-refractivity contribution in [3.63, 3.8) is 0 Å². The van der Waals surface area contributed by atoms with Crippen LogP contribution >= 0.6 is 0 Å². The number of rotatable bonds is 14. The molecule has 0 bridgehead atoms. The largest absolute Gasteiger partial charge is 0.497 e. The second kappa shape index (κ2) is 15.5. The standard InChI is InChI=1S/C38H38N2O8/c1-27-24-39(37(44)40(35(27)42)36(43)28-10-6-4-7-11-28)22-23-47-34(25-41)26-48-38(29-12-8-5-9-13-29,30-14-18-32(45-2)19-15-30)31-16-20-33(46-3)21-17-31/h4-21,24,34,41H,22-23,25-26H2,1-3H3. The van der Waals surface area contributed by atoms with Gasteiger partial charge in [-0.25, -0.2) is 4.79 Å². The molecule has 1 N–H and O–H groups in total. The fourth-order valence-corrected chi connectivity index (χ4v) is 5.55. The van der Waals surface area contributed by atoms with Crippen molar-refractivity contribution in [1.82, 2.24) is 9.13 Å². The molecule has 4 aromatic carbocycles. The van der Waals surface area contributed by atoms with Crippen molar-refractivity contribution in [2.75, 3.05) is 34.0 Å². The molecular weight excluding hydrogens is 612 g/mol. The first-order chi connectivity index (χ1) is 23.3. The van der Waals surface area contributed by atoms with E-state index in [-0.39, 0.29) is 37.5 Å². The molecule has 0 aliphatic heterocycles. The lowest BCUT2D eigenvalue weighted by Crippen LogP contribution is -2.45. The van der Waals surface area contributed by atoms with E-state index in [9.17, 15) is 19.5 Å². The van der Waals surface area contributed by atoms with Gasteiger partial charge in [0.1, 0.15) is 23.2 Å². The molecule has 0 saturated heterocycles. The number of aromatic nitrogens is 2. The van der Waals surface area contributed by atoms with E-state index in [1.54, 1.807) is 51.5 Å². The zero-order chi connectivity index (χ0) is 34.1. The third-order valence-electron chi connectivity index (χ3n) is 8.10. The Hall–Kier alpha value is -5.29. The first-order valence-electron chi connectivity index (χ1n) is 15.5. The molecule has 10 heteroatoms. The average molecular weight is 651 g/mol. The van der Waals surface area contributed by atoms with Crippen LogP contribution in [0.3, 0.4) is 0 Å². The van der Waals surface area contributed by atoms with Crippen LogP contribution in [-0.4, -0.2) is 60.3 Å². The van der Waals surface area contributed by atoms with Crippen LogP contribution in [0.1, 0.15) is 32.6 Å². The normalized spacial score (nSPS) is 12.0. The summed E-state index contributed by atoms with van der Waals surface area (Å²) in [5, 5.41) is 10.3. The predicted molar refractivity (Wildman–Crippen MR) is 181 cm³/mol. The molecule has 0 saturated carbocycles. The second-order valence-electron chi connectivity index (χ2n) is 11.1. The summed E-state index contributed by atoms with van der Waals surface area (Å²) in [7, 11) is 3.21. The fourth-order valence-electron chi connectivity index (χ4n) is 5.55. The van der Waals surface area contributed by atoms with Gasteiger partial charge in [0.15, 0.2) is 0 Å². The zero-order valence-electron chi connectivity index (χ0n) is 27.1. The average Bonchev–Trinajstić information content (AvgIpc) is 3.14. The molecule has 5 rings (SSSR count). The fraction of sp³-hybridized carbons (Fsp3) is 0.237. The number of aliphatic hydroxyl groups excluding tert-OH is 1. The summed E-state index contributed by atoms with van der Waals surface area (Å²) < 4.78 is 25.6. The summed E-state index contributed by atoms with van der Waals surface area (Å²) in [5.41, 5.74) is 0.379. The van der Waals surface area contributed by atoms with Crippen LogP contribution in [0.5, 0.6) is 11.5 Å². The molecule has 10 nitrogen and oxygen atoms in total. The maximum absolute atomic E-state index is 13.3. The highest BCUT2D eigenvalue weighted by Crippen LogP contribution is 2.41. The number of aliphatic hydroxyl groups is 1. The molecule has 1 unspecified atom stereocenters. The van der Waals surface area contributed by atoms with E-state index < -0.39 is 28.9 Å². The molecule has 0 amide bonds. The second-order valence-corrected chi connectivity index (χ2v) is 11.1. The van der Waals surface area contributed by atoms with Crippen molar-refractivity contribution >= 4 is 5.91 Å². The Balaban J connectivity index is 1.41. The summed E-state index contributed by atoms with van der Waals surface area (Å²) in [4.78, 5) is 39.2. The van der Waals surface area contributed by atoms with Gasteiger partial charge in [0.2, 0.25) is 0 Å². The number of nitrogens with zero attached hydrogens (tertiary/aromatic N) is 2. The van der Waals surface area contributed by atoms with Gasteiger partial charge >= 0.3 is 5.69 Å². The van der Waals surface area contributed by atoms with Crippen molar-refractivity contribution < 1.29 is 28.8 Å². The van der Waals surface area contributed by atoms with Gasteiger partial charge in [-0.1, -0.05) is 72.8 Å². The maximum atomic E-state index is 13.3. The Kier molecular flexibility index (Phi) is 11.0. The van der Waals surface area contributed by atoms with E-state index >= 15 is 0 Å². The predicted octanol–water partition coefficient (Wildman–Crippen LogP) is 4.41. The number of carbonyl (C=O) groups is 1. The van der Waals surface area contributed by atoms with Gasteiger partial charge in [-0.2, -0.15) is 4.57 Å². The van der Waals surface area contributed by atoms with Crippen LogP contribution in [0, 0.1) is 6.92 Å². The molecule has 248 valence electrons. The first kappa shape index (κ1) is 34.1. The Morgan fingerprint density at radius 1 is 0.771 bits per heavy atom. The van der Waals surface area contributed by atoms with Crippen LogP contribution < -0.4 is 20.7 Å². The van der Waals surface area contributed by atoms with Crippen LogP contribution in [0.2, 0.25) is 0 Å². The van der Waals surface area contributed by atoms with Crippen molar-refractivity contribution in [1.29, 1.82) is 0 Å². The van der Waals surface area contributed by atoms with Gasteiger partial charge in [-0.15, -0.1) is 0 Å². The molecule has 0 radical (unpaired) electrons. The molecule has 48 heavy (non-hydrogen) atoms. The highest BCUT2D eigenvalue weighted by molar-refractivity contribution is 5.95. The maximum Gasteiger partial charge on any atom is 0.338 e. The molecule has 1 heterocycles. The van der Waals surface area contributed by atoms with E-state index in [4.69, 9.17) is 18.9 Å². The summed E-state index contributed by atoms with van der Waals surface area (Å²) in [5.74, 6) is 0.670. The SMILES string of the molecule is COc1ccc(C(OCC(CO)OCCn2cc(C)c(=O)n(C(=O)c3ccccc3)c2=O)(c2ccccc2)c2ccc(OC)cc2)cc1. The molecule has 1 atom stereocenters. The van der Waals surface area contributed by atoms with Crippen molar-refractivity contribution in [2.45, 2.75) is 25.2 Å². The number of ether oxygens (including phenoxy) is 4. The smallest absolute Gasteiger partial charge is 0.338 e. The Bertz CT molecular complexity index is 1870. The lowest BCUT2D eigenvalue weighted by molar-refractivity contribution is -0.0822. The van der Waals surface area contributed by atoms with E-state index in [0.717, 1.165) is 16.7 Å².